The summed E-state index contributed by atoms with van der Waals surface area (Å²) in [5, 5.41) is 0. The van der Waals surface area contributed by atoms with Gasteiger partial charge in [0.25, 0.3) is 5.91 Å². The number of aromatic amines is 1. The number of rotatable bonds is 9. The maximum atomic E-state index is 12.9. The van der Waals surface area contributed by atoms with E-state index >= 15 is 0 Å². The standard InChI is InChI=1S/C19H28N4O2/c1-5-12-25-17-8-6-16(7-9-17)19(24)23(11-10-22(3)4)13-18-15(2)20-14-21-18/h6-9,14H,5,10-13H2,1-4H3,(H,20,21). The maximum Gasteiger partial charge on any atom is 0.254 e. The van der Waals surface area contributed by atoms with E-state index in [0.717, 1.165) is 30.1 Å². The second kappa shape index (κ2) is 9.22. The Labute approximate surface area is 149 Å². The van der Waals surface area contributed by atoms with E-state index in [-0.39, 0.29) is 5.91 Å². The molecule has 0 aliphatic rings. The van der Waals surface area contributed by atoms with Gasteiger partial charge in [-0.1, -0.05) is 6.92 Å². The van der Waals surface area contributed by atoms with E-state index in [1.165, 1.54) is 0 Å². The third-order valence-corrected chi connectivity index (χ3v) is 3.95. The lowest BCUT2D eigenvalue weighted by atomic mass is 10.1. The highest BCUT2D eigenvalue weighted by Crippen LogP contribution is 2.16. The molecule has 2 rings (SSSR count). The minimum Gasteiger partial charge on any atom is -0.494 e. The molecule has 0 aliphatic carbocycles. The lowest BCUT2D eigenvalue weighted by Gasteiger charge is -2.24. The van der Waals surface area contributed by atoms with Crippen LogP contribution >= 0.6 is 0 Å². The van der Waals surface area contributed by atoms with Crippen LogP contribution < -0.4 is 4.74 Å². The molecule has 1 heterocycles. The van der Waals surface area contributed by atoms with Gasteiger partial charge < -0.3 is 19.5 Å². The summed E-state index contributed by atoms with van der Waals surface area (Å²) < 4.78 is 5.58. The van der Waals surface area contributed by atoms with Crippen LogP contribution in [0.15, 0.2) is 30.6 Å². The van der Waals surface area contributed by atoms with Crippen LogP contribution in [-0.2, 0) is 6.54 Å². The monoisotopic (exact) mass is 344 g/mol. The minimum absolute atomic E-state index is 0.00583. The van der Waals surface area contributed by atoms with E-state index in [9.17, 15) is 4.79 Å². The number of H-pyrrole nitrogens is 1. The maximum absolute atomic E-state index is 12.9. The van der Waals surface area contributed by atoms with Crippen molar-refractivity contribution < 1.29 is 9.53 Å². The van der Waals surface area contributed by atoms with Gasteiger partial charge in [-0.05, 0) is 51.7 Å². The highest BCUT2D eigenvalue weighted by molar-refractivity contribution is 5.94. The lowest BCUT2D eigenvalue weighted by Crippen LogP contribution is -2.36. The molecule has 0 spiro atoms. The molecule has 1 amide bonds. The third kappa shape index (κ3) is 5.60. The number of carbonyl (C=O) groups is 1. The number of hydrogen-bond donors (Lipinski definition) is 1. The van der Waals surface area contributed by atoms with E-state index < -0.39 is 0 Å². The topological polar surface area (TPSA) is 61.5 Å². The summed E-state index contributed by atoms with van der Waals surface area (Å²) in [5.41, 5.74) is 2.55. The van der Waals surface area contributed by atoms with Gasteiger partial charge in [-0.3, -0.25) is 4.79 Å². The molecule has 0 atom stereocenters. The number of aryl methyl sites for hydroxylation is 1. The molecule has 1 N–H and O–H groups in total. The number of benzene rings is 1. The van der Waals surface area contributed by atoms with Crippen LogP contribution in [0, 0.1) is 6.92 Å². The van der Waals surface area contributed by atoms with Crippen molar-refractivity contribution >= 4 is 5.91 Å². The molecule has 0 saturated heterocycles. The lowest BCUT2D eigenvalue weighted by molar-refractivity contribution is 0.0729. The van der Waals surface area contributed by atoms with Crippen LogP contribution in [0.25, 0.3) is 0 Å². The molecule has 0 aliphatic heterocycles. The first-order chi connectivity index (χ1) is 12.0. The number of ether oxygens (including phenoxy) is 1. The van der Waals surface area contributed by atoms with Crippen LogP contribution in [0.1, 0.15) is 35.1 Å². The Kier molecular flexibility index (Phi) is 7.01. The molecule has 0 saturated carbocycles. The Bertz CT molecular complexity index is 664. The predicted molar refractivity (Wildman–Crippen MR) is 98.8 cm³/mol. The Morgan fingerprint density at radius 2 is 1.92 bits per heavy atom. The van der Waals surface area contributed by atoms with Crippen LogP contribution in [0.3, 0.4) is 0 Å². The van der Waals surface area contributed by atoms with Gasteiger partial charge in [-0.2, -0.15) is 0 Å². The van der Waals surface area contributed by atoms with Crippen molar-refractivity contribution in [2.75, 3.05) is 33.8 Å². The summed E-state index contributed by atoms with van der Waals surface area (Å²) in [6, 6.07) is 7.36. The quantitative estimate of drug-likeness (QED) is 0.760. The molecule has 0 fully saturated rings. The Morgan fingerprint density at radius 3 is 2.48 bits per heavy atom. The molecule has 1 aromatic heterocycles. The zero-order chi connectivity index (χ0) is 18.2. The molecule has 0 bridgehead atoms. The molecule has 2 aromatic rings. The first-order valence-electron chi connectivity index (χ1n) is 8.67. The number of nitrogens with zero attached hydrogens (tertiary/aromatic N) is 3. The molecular formula is C19H28N4O2. The fourth-order valence-corrected chi connectivity index (χ4v) is 2.40. The van der Waals surface area contributed by atoms with Crippen LogP contribution in [0.4, 0.5) is 0 Å². The summed E-state index contributed by atoms with van der Waals surface area (Å²) >= 11 is 0. The Hall–Kier alpha value is -2.34. The van der Waals surface area contributed by atoms with Crippen molar-refractivity contribution in [3.05, 3.63) is 47.5 Å². The fourth-order valence-electron chi connectivity index (χ4n) is 2.40. The molecule has 25 heavy (non-hydrogen) atoms. The van der Waals surface area contributed by atoms with Gasteiger partial charge in [-0.15, -0.1) is 0 Å². The number of amides is 1. The fraction of sp³-hybridized carbons (Fsp3) is 0.474. The molecule has 136 valence electrons. The number of aromatic nitrogens is 2. The number of nitrogens with one attached hydrogen (secondary N) is 1. The summed E-state index contributed by atoms with van der Waals surface area (Å²) in [6.45, 7) is 6.66. The van der Waals surface area contributed by atoms with Gasteiger partial charge in [0.1, 0.15) is 5.75 Å². The Balaban J connectivity index is 2.11. The second-order valence-electron chi connectivity index (χ2n) is 6.38. The number of imidazole rings is 1. The highest BCUT2D eigenvalue weighted by Gasteiger charge is 2.18. The third-order valence-electron chi connectivity index (χ3n) is 3.95. The molecule has 0 radical (unpaired) electrons. The van der Waals surface area contributed by atoms with Crippen molar-refractivity contribution in [2.45, 2.75) is 26.8 Å². The predicted octanol–water partition coefficient (Wildman–Crippen LogP) is 2.71. The molecule has 1 aromatic carbocycles. The van der Waals surface area contributed by atoms with E-state index in [0.29, 0.717) is 25.3 Å². The van der Waals surface area contributed by atoms with Crippen molar-refractivity contribution in [1.29, 1.82) is 0 Å². The SMILES string of the molecule is CCCOc1ccc(C(=O)N(CCN(C)C)Cc2nc[nH]c2C)cc1. The van der Waals surface area contributed by atoms with Gasteiger partial charge >= 0.3 is 0 Å². The summed E-state index contributed by atoms with van der Waals surface area (Å²) in [7, 11) is 4.00. The molecule has 0 unspecified atom stereocenters. The number of likely N-dealkylation sites (N-methyl/N-ethyl adjacent to an activating group) is 1. The van der Waals surface area contributed by atoms with Crippen molar-refractivity contribution in [2.24, 2.45) is 0 Å². The van der Waals surface area contributed by atoms with Crippen molar-refractivity contribution in [1.82, 2.24) is 19.8 Å². The summed E-state index contributed by atoms with van der Waals surface area (Å²) in [6.07, 6.45) is 2.63. The van der Waals surface area contributed by atoms with Gasteiger partial charge in [0.05, 0.1) is 25.2 Å². The van der Waals surface area contributed by atoms with E-state index in [1.807, 2.05) is 50.2 Å². The molecular weight excluding hydrogens is 316 g/mol. The van der Waals surface area contributed by atoms with E-state index in [2.05, 4.69) is 21.8 Å². The Morgan fingerprint density at radius 1 is 1.20 bits per heavy atom. The number of hydrogen-bond acceptors (Lipinski definition) is 4. The van der Waals surface area contributed by atoms with Gasteiger partial charge in [0.15, 0.2) is 0 Å². The second-order valence-corrected chi connectivity index (χ2v) is 6.38. The first kappa shape index (κ1) is 19.0. The van der Waals surface area contributed by atoms with Gasteiger partial charge in [0, 0.05) is 24.3 Å². The molecule has 6 heteroatoms. The van der Waals surface area contributed by atoms with E-state index in [1.54, 1.807) is 6.33 Å². The molecule has 6 nitrogen and oxygen atoms in total. The zero-order valence-electron chi connectivity index (χ0n) is 15.6. The zero-order valence-corrected chi connectivity index (χ0v) is 15.6. The largest absolute Gasteiger partial charge is 0.494 e. The van der Waals surface area contributed by atoms with Gasteiger partial charge in [0.2, 0.25) is 0 Å². The van der Waals surface area contributed by atoms with Crippen molar-refractivity contribution in [3.8, 4) is 5.75 Å². The van der Waals surface area contributed by atoms with Crippen LogP contribution in [0.2, 0.25) is 0 Å². The normalized spacial score (nSPS) is 10.9. The smallest absolute Gasteiger partial charge is 0.254 e. The average molecular weight is 344 g/mol. The van der Waals surface area contributed by atoms with Crippen LogP contribution in [-0.4, -0.2) is 59.5 Å². The summed E-state index contributed by atoms with van der Waals surface area (Å²) in [4.78, 5) is 24.2. The number of carbonyl (C=O) groups excluding carboxylic acids is 1. The van der Waals surface area contributed by atoms with Gasteiger partial charge in [-0.25, -0.2) is 4.98 Å². The van der Waals surface area contributed by atoms with Crippen LogP contribution in [0.5, 0.6) is 5.75 Å². The minimum atomic E-state index is 0.00583. The van der Waals surface area contributed by atoms with Crippen molar-refractivity contribution in [3.63, 3.8) is 0 Å². The highest BCUT2D eigenvalue weighted by atomic mass is 16.5. The summed E-state index contributed by atoms with van der Waals surface area (Å²) in [5.74, 6) is 0.799. The average Bonchev–Trinajstić information content (AvgIpc) is 3.01. The van der Waals surface area contributed by atoms with E-state index in [4.69, 9.17) is 4.74 Å². The first-order valence-corrected chi connectivity index (χ1v) is 8.67.